The first-order chi connectivity index (χ1) is 15.8. The van der Waals surface area contributed by atoms with Gasteiger partial charge < -0.3 is 15.4 Å². The van der Waals surface area contributed by atoms with Crippen molar-refractivity contribution in [2.75, 3.05) is 6.61 Å². The van der Waals surface area contributed by atoms with Crippen LogP contribution in [0.2, 0.25) is 10.0 Å². The fraction of sp³-hybridized carbons (Fsp3) is 0.375. The van der Waals surface area contributed by atoms with Crippen LogP contribution in [0.3, 0.4) is 0 Å². The topological polar surface area (TPSA) is 79.8 Å². The summed E-state index contributed by atoms with van der Waals surface area (Å²) in [7, 11) is 0. The van der Waals surface area contributed by atoms with Gasteiger partial charge in [0.25, 0.3) is 5.91 Å². The fourth-order valence-corrected chi connectivity index (χ4v) is 4.15. The minimum Gasteiger partial charge on any atom is -0.450 e. The van der Waals surface area contributed by atoms with E-state index in [1.165, 1.54) is 12.1 Å². The molecule has 9 heteroatoms. The molecular formula is C24H26Cl2FN3O3. The molecule has 0 heterocycles. The van der Waals surface area contributed by atoms with Gasteiger partial charge in [0.15, 0.2) is 0 Å². The molecule has 33 heavy (non-hydrogen) atoms. The second-order valence-electron chi connectivity index (χ2n) is 7.93. The van der Waals surface area contributed by atoms with E-state index in [-0.39, 0.29) is 22.9 Å². The Morgan fingerprint density at radius 2 is 1.76 bits per heavy atom. The molecule has 0 bridgehead atoms. The summed E-state index contributed by atoms with van der Waals surface area (Å²) in [6, 6.07) is 10.6. The Labute approximate surface area is 202 Å². The highest BCUT2D eigenvalue weighted by atomic mass is 35.5. The summed E-state index contributed by atoms with van der Waals surface area (Å²) in [6.45, 7) is 2.10. The number of aliphatic imine (C=N–C) groups is 1. The highest BCUT2D eigenvalue weighted by Crippen LogP contribution is 2.28. The monoisotopic (exact) mass is 493 g/mol. The number of benzene rings is 2. The molecule has 2 aromatic carbocycles. The van der Waals surface area contributed by atoms with E-state index in [1.807, 2.05) is 0 Å². The smallest absolute Gasteiger partial charge is 0.407 e. The number of nitrogens with zero attached hydrogens (tertiary/aromatic N) is 1. The van der Waals surface area contributed by atoms with Crippen LogP contribution in [-0.2, 0) is 4.74 Å². The lowest BCUT2D eigenvalue weighted by atomic mass is 9.84. The van der Waals surface area contributed by atoms with Crippen LogP contribution in [0.15, 0.2) is 47.5 Å². The first-order valence-electron chi connectivity index (χ1n) is 10.9. The average molecular weight is 494 g/mol. The van der Waals surface area contributed by atoms with Crippen molar-refractivity contribution in [3.8, 4) is 0 Å². The van der Waals surface area contributed by atoms with E-state index in [2.05, 4.69) is 15.6 Å². The number of hydrogen-bond acceptors (Lipinski definition) is 4. The summed E-state index contributed by atoms with van der Waals surface area (Å²) in [5.41, 5.74) is 0.760. The summed E-state index contributed by atoms with van der Waals surface area (Å²) < 4.78 is 18.8. The molecule has 176 valence electrons. The third-order valence-electron chi connectivity index (χ3n) is 5.40. The minimum absolute atomic E-state index is 0.0615. The molecule has 0 aliphatic heterocycles. The first kappa shape index (κ1) is 25.0. The number of carbonyl (C=O) groups is 2. The molecule has 0 unspecified atom stereocenters. The average Bonchev–Trinajstić information content (AvgIpc) is 2.75. The molecule has 2 aromatic rings. The van der Waals surface area contributed by atoms with Crippen LogP contribution in [0.1, 0.15) is 49.4 Å². The van der Waals surface area contributed by atoms with Crippen LogP contribution in [0.5, 0.6) is 0 Å². The molecule has 2 N–H and O–H groups in total. The van der Waals surface area contributed by atoms with Gasteiger partial charge in [0.05, 0.1) is 12.3 Å². The normalized spacial score (nSPS) is 18.5. The Morgan fingerprint density at radius 1 is 1.06 bits per heavy atom. The number of alkyl carbamates (subject to hydrolysis) is 1. The third kappa shape index (κ3) is 8.02. The van der Waals surface area contributed by atoms with Crippen molar-refractivity contribution in [1.82, 2.24) is 10.6 Å². The molecule has 1 aliphatic carbocycles. The van der Waals surface area contributed by atoms with Gasteiger partial charge in [0, 0.05) is 28.1 Å². The zero-order chi connectivity index (χ0) is 23.8. The number of amidine groups is 1. The largest absolute Gasteiger partial charge is 0.450 e. The molecule has 0 saturated heterocycles. The molecule has 0 spiro atoms. The fourth-order valence-electron chi connectivity index (χ4n) is 3.81. The Balaban J connectivity index is 1.71. The van der Waals surface area contributed by atoms with E-state index in [9.17, 15) is 14.0 Å². The van der Waals surface area contributed by atoms with Gasteiger partial charge in [-0.3, -0.25) is 4.79 Å². The lowest BCUT2D eigenvalue weighted by Gasteiger charge is -2.29. The number of carbonyl (C=O) groups excluding carboxylic acids is 2. The number of halogens is 3. The van der Waals surface area contributed by atoms with E-state index >= 15 is 0 Å². The van der Waals surface area contributed by atoms with Crippen LogP contribution in [0, 0.1) is 11.7 Å². The van der Waals surface area contributed by atoms with Gasteiger partial charge in [-0.15, -0.1) is 0 Å². The molecule has 3 rings (SSSR count). The summed E-state index contributed by atoms with van der Waals surface area (Å²) in [6.07, 6.45) is 3.38. The van der Waals surface area contributed by atoms with Crippen molar-refractivity contribution in [3.63, 3.8) is 0 Å². The minimum atomic E-state index is -0.504. The predicted molar refractivity (Wildman–Crippen MR) is 128 cm³/mol. The molecule has 0 atom stereocenters. The first-order valence-corrected chi connectivity index (χ1v) is 11.6. The summed E-state index contributed by atoms with van der Waals surface area (Å²) in [5.74, 6) is -0.155. The molecule has 1 fully saturated rings. The van der Waals surface area contributed by atoms with E-state index in [0.717, 1.165) is 25.7 Å². The lowest BCUT2D eigenvalue weighted by Crippen LogP contribution is -2.39. The van der Waals surface area contributed by atoms with Crippen molar-refractivity contribution in [3.05, 3.63) is 63.9 Å². The number of nitrogens with one attached hydrogen (secondary N) is 2. The lowest BCUT2D eigenvalue weighted by molar-refractivity contribution is 0.0975. The number of hydrogen-bond donors (Lipinski definition) is 2. The summed E-state index contributed by atoms with van der Waals surface area (Å²) >= 11 is 11.9. The predicted octanol–water partition coefficient (Wildman–Crippen LogP) is 6.29. The highest BCUT2D eigenvalue weighted by Gasteiger charge is 2.24. The van der Waals surface area contributed by atoms with Crippen molar-refractivity contribution >= 4 is 46.7 Å². The highest BCUT2D eigenvalue weighted by molar-refractivity contribution is 6.31. The van der Waals surface area contributed by atoms with Crippen LogP contribution < -0.4 is 10.6 Å². The summed E-state index contributed by atoms with van der Waals surface area (Å²) in [4.78, 5) is 28.9. The van der Waals surface area contributed by atoms with Crippen LogP contribution in [-0.4, -0.2) is 30.5 Å². The van der Waals surface area contributed by atoms with Crippen molar-refractivity contribution in [2.24, 2.45) is 10.9 Å². The van der Waals surface area contributed by atoms with E-state index in [0.29, 0.717) is 35.1 Å². The van der Waals surface area contributed by atoms with Crippen molar-refractivity contribution in [1.29, 1.82) is 0 Å². The Morgan fingerprint density at radius 3 is 2.39 bits per heavy atom. The van der Waals surface area contributed by atoms with Crippen LogP contribution in [0.25, 0.3) is 0 Å². The SMILES string of the molecule is CCOC(=O)NC1CCC(CC(=Nc2cc(F)cc(Cl)c2)NC(=O)c2ccc(Cl)cc2)CC1. The van der Waals surface area contributed by atoms with Gasteiger partial charge in [0.1, 0.15) is 11.7 Å². The molecular weight excluding hydrogens is 468 g/mol. The van der Waals surface area contributed by atoms with Gasteiger partial charge in [-0.25, -0.2) is 14.2 Å². The van der Waals surface area contributed by atoms with Crippen molar-refractivity contribution < 1.29 is 18.7 Å². The van der Waals surface area contributed by atoms with E-state index in [1.54, 1.807) is 37.3 Å². The Bertz CT molecular complexity index is 986. The quantitative estimate of drug-likeness (QED) is 0.366. The van der Waals surface area contributed by atoms with Crippen molar-refractivity contribution in [2.45, 2.75) is 45.1 Å². The molecule has 1 aliphatic rings. The molecule has 0 radical (unpaired) electrons. The standard InChI is InChI=1S/C24H26Cl2FN3O3/c1-2-33-24(32)29-20-9-3-15(4-10-20)11-22(28-21-13-18(26)12-19(27)14-21)30-23(31)16-5-7-17(25)8-6-16/h5-8,12-15,20H,2-4,9-11H2,1H3,(H,29,32)(H,28,30,31). The van der Waals surface area contributed by atoms with Gasteiger partial charge in [0.2, 0.25) is 0 Å². The molecule has 1 saturated carbocycles. The molecule has 6 nitrogen and oxygen atoms in total. The number of amides is 2. The Hall–Kier alpha value is -2.64. The zero-order valence-electron chi connectivity index (χ0n) is 18.2. The summed E-state index contributed by atoms with van der Waals surface area (Å²) in [5, 5.41) is 6.49. The van der Waals surface area contributed by atoms with Gasteiger partial charge in [-0.1, -0.05) is 23.2 Å². The second-order valence-corrected chi connectivity index (χ2v) is 8.81. The third-order valence-corrected chi connectivity index (χ3v) is 5.87. The van der Waals surface area contributed by atoms with Crippen LogP contribution >= 0.6 is 23.2 Å². The maximum absolute atomic E-state index is 13.8. The zero-order valence-corrected chi connectivity index (χ0v) is 19.8. The van der Waals surface area contributed by atoms with Gasteiger partial charge in [-0.2, -0.15) is 0 Å². The maximum Gasteiger partial charge on any atom is 0.407 e. The number of ether oxygens (including phenoxy) is 1. The molecule has 2 amide bonds. The van der Waals surface area contributed by atoms with Gasteiger partial charge >= 0.3 is 6.09 Å². The number of rotatable bonds is 6. The van der Waals surface area contributed by atoms with Gasteiger partial charge in [-0.05, 0) is 81.0 Å². The Kier molecular flexibility index (Phi) is 9.09. The second kappa shape index (κ2) is 12.0. The van der Waals surface area contributed by atoms with E-state index in [4.69, 9.17) is 27.9 Å². The maximum atomic E-state index is 13.8. The van der Waals surface area contributed by atoms with Crippen LogP contribution in [0.4, 0.5) is 14.9 Å². The van der Waals surface area contributed by atoms with E-state index < -0.39 is 11.9 Å². The molecule has 0 aromatic heterocycles.